The lowest BCUT2D eigenvalue weighted by Gasteiger charge is -2.18. The van der Waals surface area contributed by atoms with Gasteiger partial charge in [0.1, 0.15) is 5.75 Å². The molecule has 0 amide bonds. The van der Waals surface area contributed by atoms with Gasteiger partial charge in [-0.3, -0.25) is 9.78 Å². The summed E-state index contributed by atoms with van der Waals surface area (Å²) < 4.78 is 1.56. The van der Waals surface area contributed by atoms with Crippen LogP contribution in [0.5, 0.6) is 5.75 Å². The first-order chi connectivity index (χ1) is 11.3. The van der Waals surface area contributed by atoms with E-state index in [4.69, 9.17) is 5.41 Å². The number of pyridine rings is 2. The van der Waals surface area contributed by atoms with Crippen LogP contribution in [0, 0.1) is 19.3 Å². The van der Waals surface area contributed by atoms with Gasteiger partial charge in [-0.25, -0.2) is 0 Å². The van der Waals surface area contributed by atoms with Gasteiger partial charge in [-0.15, -0.1) is 0 Å². The maximum Gasteiger partial charge on any atom is 0.254 e. The minimum absolute atomic E-state index is 0.0472. The Hall–Kier alpha value is -2.95. The number of phenolic OH excluding ortho intramolecular Hbond substituents is 1. The van der Waals surface area contributed by atoms with E-state index >= 15 is 0 Å². The first-order valence-electron chi connectivity index (χ1n) is 7.66. The van der Waals surface area contributed by atoms with Crippen molar-refractivity contribution in [2.75, 3.05) is 0 Å². The fraction of sp³-hybridized carbons (Fsp3) is 0.211. The molecule has 5 heteroatoms. The molecule has 0 aliphatic carbocycles. The number of aromatic nitrogens is 2. The van der Waals surface area contributed by atoms with E-state index < -0.39 is 0 Å². The van der Waals surface area contributed by atoms with Crippen LogP contribution in [0.4, 0.5) is 0 Å². The van der Waals surface area contributed by atoms with E-state index in [2.05, 4.69) is 4.98 Å². The van der Waals surface area contributed by atoms with Gasteiger partial charge >= 0.3 is 0 Å². The van der Waals surface area contributed by atoms with Crippen LogP contribution in [0.2, 0.25) is 0 Å². The molecule has 0 aliphatic heterocycles. The van der Waals surface area contributed by atoms with Crippen molar-refractivity contribution in [2.45, 2.75) is 20.8 Å². The first kappa shape index (κ1) is 15.9. The standard InChI is InChI=1S/C19H19N3O2/c1-10-16(13-6-5-7-21-9-13)15-8-14(12(3)20)18(23)11(2)17(15)22(4)19(10)24/h5-9,20,23H,1-4H3. The average Bonchev–Trinajstić information content (AvgIpc) is 2.56. The average molecular weight is 321 g/mol. The molecule has 24 heavy (non-hydrogen) atoms. The number of aryl methyl sites for hydroxylation is 2. The van der Waals surface area contributed by atoms with E-state index in [9.17, 15) is 9.90 Å². The molecule has 3 aromatic rings. The zero-order valence-corrected chi connectivity index (χ0v) is 14.1. The summed E-state index contributed by atoms with van der Waals surface area (Å²) in [5.41, 5.74) is 4.18. The number of phenols is 1. The molecule has 3 rings (SSSR count). The largest absolute Gasteiger partial charge is 0.507 e. The van der Waals surface area contributed by atoms with Crippen LogP contribution in [0.25, 0.3) is 22.0 Å². The van der Waals surface area contributed by atoms with Gasteiger partial charge in [-0.2, -0.15) is 0 Å². The predicted molar refractivity (Wildman–Crippen MR) is 96.1 cm³/mol. The van der Waals surface area contributed by atoms with Crippen LogP contribution in [-0.4, -0.2) is 20.4 Å². The molecule has 0 saturated heterocycles. The molecule has 2 aromatic heterocycles. The quantitative estimate of drug-likeness (QED) is 0.711. The number of aromatic hydroxyl groups is 1. The lowest BCUT2D eigenvalue weighted by molar-refractivity contribution is 0.470. The van der Waals surface area contributed by atoms with Crippen LogP contribution >= 0.6 is 0 Å². The third kappa shape index (κ3) is 2.21. The Morgan fingerprint density at radius 3 is 2.58 bits per heavy atom. The highest BCUT2D eigenvalue weighted by Crippen LogP contribution is 2.36. The second kappa shape index (κ2) is 5.60. The van der Waals surface area contributed by atoms with Crippen molar-refractivity contribution >= 4 is 16.6 Å². The van der Waals surface area contributed by atoms with E-state index in [0.29, 0.717) is 22.2 Å². The monoisotopic (exact) mass is 321 g/mol. The van der Waals surface area contributed by atoms with Gasteiger partial charge in [-0.1, -0.05) is 6.07 Å². The van der Waals surface area contributed by atoms with E-state index in [1.54, 1.807) is 50.8 Å². The Morgan fingerprint density at radius 2 is 2.00 bits per heavy atom. The SMILES string of the molecule is CC(=N)c1cc2c(-c3cccnc3)c(C)c(=O)n(C)c2c(C)c1O. The third-order valence-electron chi connectivity index (χ3n) is 4.47. The number of nitrogens with one attached hydrogen (secondary N) is 1. The Labute approximate surface area is 139 Å². The second-order valence-electron chi connectivity index (χ2n) is 6.02. The summed E-state index contributed by atoms with van der Waals surface area (Å²) in [6.45, 7) is 5.20. The van der Waals surface area contributed by atoms with Gasteiger partial charge in [0, 0.05) is 58.4 Å². The molecule has 0 radical (unpaired) electrons. The van der Waals surface area contributed by atoms with Gasteiger partial charge in [0.25, 0.3) is 5.56 Å². The van der Waals surface area contributed by atoms with Crippen molar-refractivity contribution in [2.24, 2.45) is 7.05 Å². The van der Waals surface area contributed by atoms with E-state index in [1.807, 2.05) is 12.1 Å². The highest BCUT2D eigenvalue weighted by molar-refractivity contribution is 6.07. The molecule has 122 valence electrons. The Kier molecular flexibility index (Phi) is 3.72. The maximum absolute atomic E-state index is 12.7. The molecular weight excluding hydrogens is 302 g/mol. The topological polar surface area (TPSA) is 79.0 Å². The lowest BCUT2D eigenvalue weighted by atomic mass is 9.93. The van der Waals surface area contributed by atoms with Crippen molar-refractivity contribution < 1.29 is 5.11 Å². The number of hydrogen-bond acceptors (Lipinski definition) is 4. The van der Waals surface area contributed by atoms with Crippen molar-refractivity contribution in [3.05, 3.63) is 57.6 Å². The van der Waals surface area contributed by atoms with Crippen LogP contribution in [0.15, 0.2) is 35.4 Å². The minimum Gasteiger partial charge on any atom is -0.507 e. The van der Waals surface area contributed by atoms with Crippen molar-refractivity contribution in [3.8, 4) is 16.9 Å². The molecule has 0 bridgehead atoms. The van der Waals surface area contributed by atoms with Crippen LogP contribution in [0.3, 0.4) is 0 Å². The molecule has 0 spiro atoms. The number of hydrogen-bond donors (Lipinski definition) is 2. The lowest BCUT2D eigenvalue weighted by Crippen LogP contribution is -2.21. The molecule has 2 N–H and O–H groups in total. The fourth-order valence-electron chi connectivity index (χ4n) is 3.25. The molecule has 0 unspecified atom stereocenters. The summed E-state index contributed by atoms with van der Waals surface area (Å²) in [5, 5.41) is 19.2. The highest BCUT2D eigenvalue weighted by Gasteiger charge is 2.19. The number of rotatable bonds is 2. The molecule has 0 aliphatic rings. The fourth-order valence-corrected chi connectivity index (χ4v) is 3.25. The van der Waals surface area contributed by atoms with Gasteiger partial charge < -0.3 is 15.1 Å². The summed E-state index contributed by atoms with van der Waals surface area (Å²) in [6.07, 6.45) is 3.41. The molecule has 2 heterocycles. The highest BCUT2D eigenvalue weighted by atomic mass is 16.3. The molecule has 1 aromatic carbocycles. The summed E-state index contributed by atoms with van der Waals surface area (Å²) in [7, 11) is 1.70. The summed E-state index contributed by atoms with van der Waals surface area (Å²) in [6, 6.07) is 5.52. The minimum atomic E-state index is -0.108. The normalized spacial score (nSPS) is 11.0. The van der Waals surface area contributed by atoms with E-state index in [0.717, 1.165) is 16.5 Å². The van der Waals surface area contributed by atoms with Gasteiger partial charge in [0.2, 0.25) is 0 Å². The number of benzene rings is 1. The van der Waals surface area contributed by atoms with Crippen molar-refractivity contribution in [1.29, 1.82) is 5.41 Å². The first-order valence-corrected chi connectivity index (χ1v) is 7.66. The van der Waals surface area contributed by atoms with Crippen LogP contribution in [-0.2, 0) is 7.05 Å². The smallest absolute Gasteiger partial charge is 0.254 e. The van der Waals surface area contributed by atoms with Crippen molar-refractivity contribution in [3.63, 3.8) is 0 Å². The zero-order chi connectivity index (χ0) is 17.6. The maximum atomic E-state index is 12.7. The van der Waals surface area contributed by atoms with Crippen LogP contribution < -0.4 is 5.56 Å². The van der Waals surface area contributed by atoms with E-state index in [-0.39, 0.29) is 17.0 Å². The number of nitrogens with zero attached hydrogens (tertiary/aromatic N) is 2. The Morgan fingerprint density at radius 1 is 1.29 bits per heavy atom. The van der Waals surface area contributed by atoms with Gasteiger partial charge in [-0.05, 0) is 32.9 Å². The summed E-state index contributed by atoms with van der Waals surface area (Å²) >= 11 is 0. The molecule has 5 nitrogen and oxygen atoms in total. The predicted octanol–water partition coefficient (Wildman–Crippen LogP) is 3.31. The molecule has 0 atom stereocenters. The van der Waals surface area contributed by atoms with E-state index in [1.165, 1.54) is 0 Å². The van der Waals surface area contributed by atoms with Gasteiger partial charge in [0.15, 0.2) is 0 Å². The van der Waals surface area contributed by atoms with Gasteiger partial charge in [0.05, 0.1) is 5.52 Å². The summed E-state index contributed by atoms with van der Waals surface area (Å²) in [5.74, 6) is 0.0472. The zero-order valence-electron chi connectivity index (χ0n) is 14.1. The summed E-state index contributed by atoms with van der Waals surface area (Å²) in [4.78, 5) is 16.8. The number of fused-ring (bicyclic) bond motifs is 1. The second-order valence-corrected chi connectivity index (χ2v) is 6.02. The Balaban J connectivity index is 2.61. The molecule has 0 fully saturated rings. The molecule has 0 saturated carbocycles. The Bertz CT molecular complexity index is 1030. The third-order valence-corrected chi connectivity index (χ3v) is 4.47. The van der Waals surface area contributed by atoms with Crippen molar-refractivity contribution in [1.82, 2.24) is 9.55 Å². The van der Waals surface area contributed by atoms with Crippen LogP contribution in [0.1, 0.15) is 23.6 Å². The molecular formula is C19H19N3O2.